The second kappa shape index (κ2) is 9.17. The molecule has 146 valence electrons. The zero-order valence-corrected chi connectivity index (χ0v) is 15.9. The van der Waals surface area contributed by atoms with Crippen molar-refractivity contribution in [3.63, 3.8) is 0 Å². The molecular formula is C22H24N2O4. The van der Waals surface area contributed by atoms with Crippen molar-refractivity contribution in [2.45, 2.75) is 39.2 Å². The van der Waals surface area contributed by atoms with Gasteiger partial charge in [-0.2, -0.15) is 0 Å². The van der Waals surface area contributed by atoms with E-state index in [0.29, 0.717) is 23.5 Å². The predicted octanol–water partition coefficient (Wildman–Crippen LogP) is 3.67. The van der Waals surface area contributed by atoms with Gasteiger partial charge in [0.2, 0.25) is 5.91 Å². The van der Waals surface area contributed by atoms with Crippen LogP contribution < -0.4 is 15.4 Å². The number of carbonyl (C=O) groups excluding carboxylic acids is 3. The maximum atomic E-state index is 12.4. The summed E-state index contributed by atoms with van der Waals surface area (Å²) in [4.78, 5) is 35.5. The fraction of sp³-hybridized carbons (Fsp3) is 0.318. The maximum Gasteiger partial charge on any atom is 0.308 e. The van der Waals surface area contributed by atoms with Crippen molar-refractivity contribution in [1.82, 2.24) is 5.32 Å². The van der Waals surface area contributed by atoms with Crippen molar-refractivity contribution in [2.24, 2.45) is 5.92 Å². The summed E-state index contributed by atoms with van der Waals surface area (Å²) < 4.78 is 5.00. The van der Waals surface area contributed by atoms with Crippen molar-refractivity contribution >= 4 is 23.5 Å². The molecule has 2 aromatic rings. The van der Waals surface area contributed by atoms with Crippen LogP contribution in [0.15, 0.2) is 48.5 Å². The van der Waals surface area contributed by atoms with Crippen molar-refractivity contribution < 1.29 is 19.1 Å². The quantitative estimate of drug-likeness (QED) is 0.591. The van der Waals surface area contributed by atoms with Crippen molar-refractivity contribution in [2.75, 3.05) is 5.32 Å². The number of benzene rings is 2. The number of hydrogen-bond donors (Lipinski definition) is 2. The number of rotatable bonds is 6. The van der Waals surface area contributed by atoms with Gasteiger partial charge in [0, 0.05) is 30.6 Å². The lowest BCUT2D eigenvalue weighted by atomic mass is 10.1. The Labute approximate surface area is 164 Å². The van der Waals surface area contributed by atoms with E-state index >= 15 is 0 Å². The standard InChI is InChI=1S/C22H24N2O4/c1-15(25)28-20-8-4-7-18(13-20)22(27)24-19-11-9-16(10-12-19)14-23-21(26)17-5-2-3-6-17/h4,7-13,17H,2-3,5-6,14H2,1H3,(H,23,26)(H,24,27). The molecule has 0 radical (unpaired) electrons. The van der Waals surface area contributed by atoms with E-state index in [9.17, 15) is 14.4 Å². The number of nitrogens with one attached hydrogen (secondary N) is 2. The normalized spacial score (nSPS) is 13.8. The van der Waals surface area contributed by atoms with Gasteiger partial charge in [-0.05, 0) is 48.7 Å². The molecule has 0 bridgehead atoms. The molecule has 0 atom stereocenters. The summed E-state index contributed by atoms with van der Waals surface area (Å²) in [6, 6.07) is 13.8. The second-order valence-corrected chi connectivity index (χ2v) is 6.97. The van der Waals surface area contributed by atoms with Gasteiger partial charge in [0.15, 0.2) is 0 Å². The van der Waals surface area contributed by atoms with Gasteiger partial charge in [0.1, 0.15) is 5.75 Å². The molecule has 1 aliphatic carbocycles. The van der Waals surface area contributed by atoms with E-state index in [1.807, 2.05) is 12.1 Å². The smallest absolute Gasteiger partial charge is 0.308 e. The Bertz CT molecular complexity index is 855. The molecule has 1 aliphatic rings. The minimum atomic E-state index is -0.437. The molecule has 0 spiro atoms. The van der Waals surface area contributed by atoms with Crippen LogP contribution in [0.2, 0.25) is 0 Å². The van der Waals surface area contributed by atoms with Crippen molar-refractivity contribution in [3.05, 3.63) is 59.7 Å². The average molecular weight is 380 g/mol. The molecule has 2 N–H and O–H groups in total. The highest BCUT2D eigenvalue weighted by Crippen LogP contribution is 2.24. The Hall–Kier alpha value is -3.15. The zero-order valence-electron chi connectivity index (χ0n) is 15.9. The molecule has 0 saturated heterocycles. The van der Waals surface area contributed by atoms with Crippen LogP contribution in [0.5, 0.6) is 5.75 Å². The predicted molar refractivity (Wildman–Crippen MR) is 106 cm³/mol. The van der Waals surface area contributed by atoms with E-state index < -0.39 is 5.97 Å². The third-order valence-corrected chi connectivity index (χ3v) is 4.76. The summed E-state index contributed by atoms with van der Waals surface area (Å²) in [6.07, 6.45) is 4.23. The summed E-state index contributed by atoms with van der Waals surface area (Å²) in [5.74, 6) is -0.123. The molecule has 2 amide bonds. The van der Waals surface area contributed by atoms with E-state index in [0.717, 1.165) is 31.2 Å². The highest BCUT2D eigenvalue weighted by molar-refractivity contribution is 6.04. The summed E-state index contributed by atoms with van der Waals surface area (Å²) >= 11 is 0. The van der Waals surface area contributed by atoms with E-state index in [4.69, 9.17) is 4.74 Å². The highest BCUT2D eigenvalue weighted by Gasteiger charge is 2.22. The number of ether oxygens (including phenoxy) is 1. The van der Waals surface area contributed by atoms with Crippen LogP contribution in [0.4, 0.5) is 5.69 Å². The summed E-state index contributed by atoms with van der Waals surface area (Å²) in [5.41, 5.74) is 2.02. The molecule has 6 nitrogen and oxygen atoms in total. The molecule has 2 aromatic carbocycles. The Morgan fingerprint density at radius 2 is 1.75 bits per heavy atom. The summed E-state index contributed by atoms with van der Waals surface area (Å²) in [7, 11) is 0. The first kappa shape index (κ1) is 19.6. The van der Waals surface area contributed by atoms with E-state index in [1.54, 1.807) is 30.3 Å². The van der Waals surface area contributed by atoms with Crippen LogP contribution in [0.25, 0.3) is 0 Å². The van der Waals surface area contributed by atoms with Gasteiger partial charge >= 0.3 is 5.97 Å². The molecule has 0 aromatic heterocycles. The summed E-state index contributed by atoms with van der Waals surface area (Å²) in [5, 5.41) is 5.79. The van der Waals surface area contributed by atoms with E-state index in [-0.39, 0.29) is 17.7 Å². The fourth-order valence-corrected chi connectivity index (χ4v) is 3.30. The van der Waals surface area contributed by atoms with Gasteiger partial charge in [0.05, 0.1) is 0 Å². The first-order valence-electron chi connectivity index (χ1n) is 9.48. The average Bonchev–Trinajstić information content (AvgIpc) is 3.22. The molecule has 3 rings (SSSR count). The third kappa shape index (κ3) is 5.42. The monoisotopic (exact) mass is 380 g/mol. The zero-order chi connectivity index (χ0) is 19.9. The first-order chi connectivity index (χ1) is 13.5. The second-order valence-electron chi connectivity index (χ2n) is 6.97. The van der Waals surface area contributed by atoms with Gasteiger partial charge in [-0.25, -0.2) is 0 Å². The summed E-state index contributed by atoms with van der Waals surface area (Å²) in [6.45, 7) is 1.79. The lowest BCUT2D eigenvalue weighted by Crippen LogP contribution is -2.28. The van der Waals surface area contributed by atoms with Crippen LogP contribution in [0.1, 0.15) is 48.5 Å². The topological polar surface area (TPSA) is 84.5 Å². The minimum Gasteiger partial charge on any atom is -0.427 e. The van der Waals surface area contributed by atoms with Gasteiger partial charge in [-0.3, -0.25) is 14.4 Å². The molecule has 0 unspecified atom stereocenters. The van der Waals surface area contributed by atoms with Crippen LogP contribution in [0.3, 0.4) is 0 Å². The molecule has 6 heteroatoms. The van der Waals surface area contributed by atoms with Crippen LogP contribution in [-0.4, -0.2) is 17.8 Å². The molecule has 1 saturated carbocycles. The van der Waals surface area contributed by atoms with Gasteiger partial charge < -0.3 is 15.4 Å². The number of hydrogen-bond acceptors (Lipinski definition) is 4. The van der Waals surface area contributed by atoms with Crippen LogP contribution in [0, 0.1) is 5.92 Å². The van der Waals surface area contributed by atoms with Crippen LogP contribution >= 0.6 is 0 Å². The number of esters is 1. The highest BCUT2D eigenvalue weighted by atomic mass is 16.5. The lowest BCUT2D eigenvalue weighted by Gasteiger charge is -2.11. The lowest BCUT2D eigenvalue weighted by molar-refractivity contribution is -0.132. The molecule has 0 aliphatic heterocycles. The molecular weight excluding hydrogens is 356 g/mol. The van der Waals surface area contributed by atoms with Crippen molar-refractivity contribution in [1.29, 1.82) is 0 Å². The Kier molecular flexibility index (Phi) is 6.42. The molecule has 0 heterocycles. The van der Waals surface area contributed by atoms with E-state index in [2.05, 4.69) is 10.6 Å². The van der Waals surface area contributed by atoms with Gasteiger partial charge in [0.25, 0.3) is 5.91 Å². The first-order valence-corrected chi connectivity index (χ1v) is 9.48. The Morgan fingerprint density at radius 3 is 2.43 bits per heavy atom. The number of amides is 2. The Balaban J connectivity index is 1.54. The largest absolute Gasteiger partial charge is 0.427 e. The van der Waals surface area contributed by atoms with Crippen LogP contribution in [-0.2, 0) is 16.1 Å². The number of carbonyl (C=O) groups is 3. The number of anilines is 1. The van der Waals surface area contributed by atoms with Crippen molar-refractivity contribution in [3.8, 4) is 5.75 Å². The fourth-order valence-electron chi connectivity index (χ4n) is 3.30. The third-order valence-electron chi connectivity index (χ3n) is 4.76. The van der Waals surface area contributed by atoms with E-state index in [1.165, 1.54) is 13.0 Å². The minimum absolute atomic E-state index is 0.127. The maximum absolute atomic E-state index is 12.4. The SMILES string of the molecule is CC(=O)Oc1cccc(C(=O)Nc2ccc(CNC(=O)C3CCCC3)cc2)c1. The van der Waals surface area contributed by atoms with Gasteiger partial charge in [-0.15, -0.1) is 0 Å². The van der Waals surface area contributed by atoms with Gasteiger partial charge in [-0.1, -0.05) is 31.0 Å². The molecule has 28 heavy (non-hydrogen) atoms. The molecule has 1 fully saturated rings. The Morgan fingerprint density at radius 1 is 1.04 bits per heavy atom.